The summed E-state index contributed by atoms with van der Waals surface area (Å²) in [5, 5.41) is 2.78. The van der Waals surface area contributed by atoms with Gasteiger partial charge >= 0.3 is 0 Å². The summed E-state index contributed by atoms with van der Waals surface area (Å²) in [5.74, 6) is 1.01. The Kier molecular flexibility index (Phi) is 5.26. The summed E-state index contributed by atoms with van der Waals surface area (Å²) in [6.45, 7) is 5.69. The van der Waals surface area contributed by atoms with Gasteiger partial charge in [0.2, 0.25) is 11.8 Å². The molecule has 0 saturated heterocycles. The van der Waals surface area contributed by atoms with Crippen molar-refractivity contribution in [3.8, 4) is 11.5 Å². The number of hydrogen-bond acceptors (Lipinski definition) is 4. The van der Waals surface area contributed by atoms with E-state index in [1.54, 1.807) is 14.2 Å². The molecule has 23 heavy (non-hydrogen) atoms. The molecule has 0 aromatic heterocycles. The number of nitrogens with zero attached hydrogens (tertiary/aromatic N) is 1. The van der Waals surface area contributed by atoms with E-state index in [9.17, 15) is 9.59 Å². The second kappa shape index (κ2) is 7.17. The van der Waals surface area contributed by atoms with Gasteiger partial charge in [0.1, 0.15) is 17.6 Å². The quantitative estimate of drug-likeness (QED) is 0.802. The molecule has 6 nitrogen and oxygen atoms in total. The summed E-state index contributed by atoms with van der Waals surface area (Å²) < 4.78 is 11.1. The average Bonchev–Trinajstić information content (AvgIpc) is 2.89. The van der Waals surface area contributed by atoms with Crippen molar-refractivity contribution < 1.29 is 19.1 Å². The fourth-order valence-corrected chi connectivity index (χ4v) is 2.51. The molecule has 0 saturated carbocycles. The Morgan fingerprint density at radius 3 is 2.91 bits per heavy atom. The van der Waals surface area contributed by atoms with Gasteiger partial charge in [0.05, 0.1) is 13.7 Å². The number of hydrogen-bond donors (Lipinski definition) is 1. The number of carbonyl (C=O) groups is 2. The number of methoxy groups -OCH3 is 1. The van der Waals surface area contributed by atoms with Crippen LogP contribution in [0.2, 0.25) is 0 Å². The maximum absolute atomic E-state index is 11.9. The van der Waals surface area contributed by atoms with Crippen LogP contribution in [0.5, 0.6) is 11.5 Å². The van der Waals surface area contributed by atoms with Crippen LogP contribution in [0.25, 0.3) is 0 Å². The molecule has 124 valence electrons. The van der Waals surface area contributed by atoms with Crippen molar-refractivity contribution >= 4 is 11.8 Å². The highest BCUT2D eigenvalue weighted by atomic mass is 16.5. The van der Waals surface area contributed by atoms with E-state index in [-0.39, 0.29) is 24.5 Å². The molecule has 1 aliphatic rings. The van der Waals surface area contributed by atoms with Crippen LogP contribution in [0.3, 0.4) is 0 Å². The maximum atomic E-state index is 11.9. The van der Waals surface area contributed by atoms with E-state index in [1.165, 1.54) is 11.0 Å². The second-order valence-corrected chi connectivity index (χ2v) is 5.58. The highest BCUT2D eigenvalue weighted by molar-refractivity contribution is 5.90. The second-order valence-electron chi connectivity index (χ2n) is 5.58. The zero-order valence-electron chi connectivity index (χ0n) is 13.7. The number of likely N-dealkylation sites (N-methyl/N-ethyl adjacent to an activating group) is 1. The number of benzene rings is 1. The van der Waals surface area contributed by atoms with E-state index in [0.717, 1.165) is 29.0 Å². The van der Waals surface area contributed by atoms with E-state index in [4.69, 9.17) is 9.47 Å². The fraction of sp³-hybridized carbons (Fsp3) is 0.412. The number of fused-ring (bicyclic) bond motifs is 1. The van der Waals surface area contributed by atoms with Crippen LogP contribution in [0.1, 0.15) is 18.1 Å². The molecule has 0 fully saturated rings. The number of rotatable bonds is 6. The first-order valence-corrected chi connectivity index (χ1v) is 7.45. The molecule has 1 aromatic rings. The van der Waals surface area contributed by atoms with Crippen LogP contribution in [-0.2, 0) is 22.6 Å². The van der Waals surface area contributed by atoms with Crippen molar-refractivity contribution in [1.82, 2.24) is 10.2 Å². The molecule has 2 amide bonds. The Morgan fingerprint density at radius 1 is 1.52 bits per heavy atom. The summed E-state index contributed by atoms with van der Waals surface area (Å²) in [7, 11) is 3.15. The van der Waals surface area contributed by atoms with Crippen molar-refractivity contribution in [1.29, 1.82) is 0 Å². The molecule has 0 aliphatic carbocycles. The van der Waals surface area contributed by atoms with E-state index >= 15 is 0 Å². The Labute approximate surface area is 136 Å². The molecule has 1 unspecified atom stereocenters. The lowest BCUT2D eigenvalue weighted by atomic mass is 10.1. The summed E-state index contributed by atoms with van der Waals surface area (Å²) >= 11 is 0. The molecule has 1 atom stereocenters. The maximum Gasteiger partial charge on any atom is 0.246 e. The van der Waals surface area contributed by atoms with Crippen molar-refractivity contribution in [3.05, 3.63) is 35.9 Å². The van der Waals surface area contributed by atoms with Gasteiger partial charge in [0, 0.05) is 31.1 Å². The Hall–Kier alpha value is -2.50. The van der Waals surface area contributed by atoms with Crippen molar-refractivity contribution in [3.63, 3.8) is 0 Å². The number of ether oxygens (including phenoxy) is 2. The van der Waals surface area contributed by atoms with Crippen molar-refractivity contribution in [2.75, 3.05) is 20.7 Å². The number of nitrogens with one attached hydrogen (secondary N) is 1. The van der Waals surface area contributed by atoms with Gasteiger partial charge in [0.15, 0.2) is 0 Å². The van der Waals surface area contributed by atoms with Crippen LogP contribution < -0.4 is 14.8 Å². The summed E-state index contributed by atoms with van der Waals surface area (Å²) in [6, 6.07) is 3.85. The van der Waals surface area contributed by atoms with Crippen LogP contribution in [0, 0.1) is 0 Å². The minimum atomic E-state index is -0.294. The largest absolute Gasteiger partial charge is 0.496 e. The zero-order valence-corrected chi connectivity index (χ0v) is 13.7. The lowest BCUT2D eigenvalue weighted by Crippen LogP contribution is -2.37. The molecule has 2 rings (SSSR count). The molecule has 1 N–H and O–H groups in total. The van der Waals surface area contributed by atoms with E-state index in [0.29, 0.717) is 6.54 Å². The van der Waals surface area contributed by atoms with Gasteiger partial charge in [0.25, 0.3) is 0 Å². The first-order valence-electron chi connectivity index (χ1n) is 7.45. The monoisotopic (exact) mass is 318 g/mol. The Balaban J connectivity index is 2.00. The minimum Gasteiger partial charge on any atom is -0.496 e. The molecule has 1 aliphatic heterocycles. The Bertz CT molecular complexity index is 627. The molecule has 0 spiro atoms. The van der Waals surface area contributed by atoms with Gasteiger partial charge in [-0.25, -0.2) is 0 Å². The SMILES string of the molecule is C=CC(=O)N(C)CC(=O)NCc1cc2c(cc1OC)CC(C)O2. The van der Waals surface area contributed by atoms with E-state index in [2.05, 4.69) is 11.9 Å². The topological polar surface area (TPSA) is 67.9 Å². The molecule has 6 heteroatoms. The van der Waals surface area contributed by atoms with Crippen LogP contribution in [-0.4, -0.2) is 43.5 Å². The van der Waals surface area contributed by atoms with Gasteiger partial charge < -0.3 is 19.7 Å². The molecule has 1 aromatic carbocycles. The van der Waals surface area contributed by atoms with Crippen LogP contribution in [0.15, 0.2) is 24.8 Å². The van der Waals surface area contributed by atoms with Gasteiger partial charge in [-0.05, 0) is 25.1 Å². The van der Waals surface area contributed by atoms with Crippen LogP contribution in [0.4, 0.5) is 0 Å². The van der Waals surface area contributed by atoms with Gasteiger partial charge in [-0.3, -0.25) is 9.59 Å². The van der Waals surface area contributed by atoms with E-state index < -0.39 is 0 Å². The first kappa shape index (κ1) is 16.9. The van der Waals surface area contributed by atoms with Gasteiger partial charge in [-0.2, -0.15) is 0 Å². The molecular formula is C17H22N2O4. The summed E-state index contributed by atoms with van der Waals surface area (Å²) in [6.07, 6.45) is 2.18. The fourth-order valence-electron chi connectivity index (χ4n) is 2.51. The molecule has 1 heterocycles. The third-order valence-corrected chi connectivity index (χ3v) is 3.71. The highest BCUT2D eigenvalue weighted by Crippen LogP contribution is 2.34. The molecular weight excluding hydrogens is 296 g/mol. The molecule has 0 bridgehead atoms. The summed E-state index contributed by atoms with van der Waals surface area (Å²) in [4.78, 5) is 24.6. The van der Waals surface area contributed by atoms with Gasteiger partial charge in [-0.15, -0.1) is 0 Å². The third-order valence-electron chi connectivity index (χ3n) is 3.71. The van der Waals surface area contributed by atoms with E-state index in [1.807, 2.05) is 19.1 Å². The average molecular weight is 318 g/mol. The first-order chi connectivity index (χ1) is 10.9. The van der Waals surface area contributed by atoms with Crippen molar-refractivity contribution in [2.45, 2.75) is 26.0 Å². The normalized spacial score (nSPS) is 15.3. The van der Waals surface area contributed by atoms with Crippen molar-refractivity contribution in [2.24, 2.45) is 0 Å². The predicted molar refractivity (Wildman–Crippen MR) is 86.5 cm³/mol. The van der Waals surface area contributed by atoms with Gasteiger partial charge in [-0.1, -0.05) is 6.58 Å². The summed E-state index contributed by atoms with van der Waals surface area (Å²) in [5.41, 5.74) is 1.95. The third kappa shape index (κ3) is 4.03. The Morgan fingerprint density at radius 2 is 2.26 bits per heavy atom. The standard InChI is InChI=1S/C17H22N2O4/c1-5-17(21)19(3)10-16(20)18-9-13-8-15-12(6-11(2)23-15)7-14(13)22-4/h5,7-8,11H,1,6,9-10H2,2-4H3,(H,18,20). The smallest absolute Gasteiger partial charge is 0.246 e. The van der Waals surface area contributed by atoms with Crippen LogP contribution >= 0.6 is 0 Å². The highest BCUT2D eigenvalue weighted by Gasteiger charge is 2.22. The lowest BCUT2D eigenvalue weighted by Gasteiger charge is -2.16. The zero-order chi connectivity index (χ0) is 17.0. The predicted octanol–water partition coefficient (Wildman–Crippen LogP) is 1.28. The number of amides is 2. The lowest BCUT2D eigenvalue weighted by molar-refractivity contribution is -0.131. The number of carbonyl (C=O) groups excluding carboxylic acids is 2. The minimum absolute atomic E-state index is 0.0222. The molecule has 0 radical (unpaired) electrons.